The Morgan fingerprint density at radius 1 is 1.21 bits per heavy atom. The molecule has 0 heterocycles. The molecule has 0 aromatic heterocycles. The fourth-order valence-corrected chi connectivity index (χ4v) is 2.19. The summed E-state index contributed by atoms with van der Waals surface area (Å²) in [5.41, 5.74) is 1.71. The molecular weight excluding hydrogens is 236 g/mol. The number of methoxy groups -OCH3 is 1. The summed E-state index contributed by atoms with van der Waals surface area (Å²) in [6, 6.07) is 7.47. The lowest BCUT2D eigenvalue weighted by Gasteiger charge is -2.10. The summed E-state index contributed by atoms with van der Waals surface area (Å²) in [6.07, 6.45) is 6.67. The summed E-state index contributed by atoms with van der Waals surface area (Å²) in [4.78, 5) is 11.3. The molecule has 1 atom stereocenters. The van der Waals surface area contributed by atoms with Gasteiger partial charge in [0.15, 0.2) is 0 Å². The van der Waals surface area contributed by atoms with E-state index in [9.17, 15) is 4.79 Å². The maximum atomic E-state index is 11.3. The molecule has 19 heavy (non-hydrogen) atoms. The van der Waals surface area contributed by atoms with Crippen LogP contribution in [0.3, 0.4) is 0 Å². The van der Waals surface area contributed by atoms with Crippen LogP contribution >= 0.6 is 0 Å². The van der Waals surface area contributed by atoms with E-state index in [0.29, 0.717) is 11.5 Å². The highest BCUT2D eigenvalue weighted by Crippen LogP contribution is 2.16. The largest absolute Gasteiger partial charge is 0.465 e. The fourth-order valence-electron chi connectivity index (χ4n) is 2.19. The Morgan fingerprint density at radius 3 is 2.37 bits per heavy atom. The van der Waals surface area contributed by atoms with Gasteiger partial charge < -0.3 is 4.74 Å². The zero-order chi connectivity index (χ0) is 14.3. The maximum Gasteiger partial charge on any atom is 0.337 e. The Labute approximate surface area is 116 Å². The molecule has 1 aromatic rings. The molecule has 0 radical (unpaired) electrons. The van der Waals surface area contributed by atoms with Gasteiger partial charge in [0.25, 0.3) is 0 Å². The first-order valence-electron chi connectivity index (χ1n) is 6.87. The number of benzene rings is 1. The summed E-state index contributed by atoms with van der Waals surface area (Å²) in [6.45, 7) is 6.79. The van der Waals surface area contributed by atoms with Crippen LogP contribution in [0.2, 0.25) is 0 Å². The number of rotatable bonds is 6. The van der Waals surface area contributed by atoms with Crippen molar-refractivity contribution in [1.29, 1.82) is 0 Å². The summed E-state index contributed by atoms with van der Waals surface area (Å²) < 4.78 is 4.67. The fraction of sp³-hybridized carbons (Fsp3) is 0.471. The lowest BCUT2D eigenvalue weighted by molar-refractivity contribution is 0.0601. The number of ether oxygens (including phenoxy) is 1. The van der Waals surface area contributed by atoms with Gasteiger partial charge in [-0.3, -0.25) is 0 Å². The van der Waals surface area contributed by atoms with Crippen LogP contribution in [0.25, 0.3) is 6.08 Å². The molecule has 2 heteroatoms. The predicted molar refractivity (Wildman–Crippen MR) is 80.1 cm³/mol. The van der Waals surface area contributed by atoms with E-state index < -0.39 is 0 Å². The minimum Gasteiger partial charge on any atom is -0.465 e. The van der Waals surface area contributed by atoms with Gasteiger partial charge in [0.05, 0.1) is 12.7 Å². The average molecular weight is 260 g/mol. The molecule has 0 aliphatic carbocycles. The molecule has 0 aliphatic rings. The molecule has 1 unspecified atom stereocenters. The molecular formula is C17H24O2. The van der Waals surface area contributed by atoms with Crippen LogP contribution in [-0.4, -0.2) is 13.1 Å². The standard InChI is InChI=1S/C17H24O2/c1-13(2)12-14(3)6-5-7-15-8-10-16(11-9-15)17(18)19-4/h5,7-11,13-14H,6,12H2,1-4H3/b7-5-. The molecule has 1 rings (SSSR count). The normalized spacial score (nSPS) is 12.9. The summed E-state index contributed by atoms with van der Waals surface area (Å²) >= 11 is 0. The summed E-state index contributed by atoms with van der Waals surface area (Å²) in [5, 5.41) is 0. The molecule has 1 aromatic carbocycles. The number of allylic oxidation sites excluding steroid dienone is 1. The zero-order valence-corrected chi connectivity index (χ0v) is 12.3. The van der Waals surface area contributed by atoms with Gasteiger partial charge in [-0.25, -0.2) is 4.79 Å². The second-order valence-electron chi connectivity index (χ2n) is 5.49. The molecule has 0 saturated heterocycles. The summed E-state index contributed by atoms with van der Waals surface area (Å²) in [5.74, 6) is 1.18. The first-order valence-corrected chi connectivity index (χ1v) is 6.87. The van der Waals surface area contributed by atoms with Crippen molar-refractivity contribution in [3.05, 3.63) is 41.5 Å². The van der Waals surface area contributed by atoms with Crippen molar-refractivity contribution < 1.29 is 9.53 Å². The lowest BCUT2D eigenvalue weighted by atomic mass is 9.95. The number of carbonyl (C=O) groups is 1. The van der Waals surface area contributed by atoms with Gasteiger partial charge in [0, 0.05) is 0 Å². The van der Waals surface area contributed by atoms with E-state index in [1.165, 1.54) is 13.5 Å². The topological polar surface area (TPSA) is 26.3 Å². The van der Waals surface area contributed by atoms with Crippen LogP contribution in [0, 0.1) is 11.8 Å². The van der Waals surface area contributed by atoms with Gasteiger partial charge in [-0.2, -0.15) is 0 Å². The minimum atomic E-state index is -0.291. The number of carbonyl (C=O) groups excluding carboxylic acids is 1. The quantitative estimate of drug-likeness (QED) is 0.701. The van der Waals surface area contributed by atoms with Crippen LogP contribution < -0.4 is 0 Å². The van der Waals surface area contributed by atoms with Crippen LogP contribution in [0.4, 0.5) is 0 Å². The van der Waals surface area contributed by atoms with Crippen LogP contribution in [0.5, 0.6) is 0 Å². The van der Waals surface area contributed by atoms with E-state index in [1.807, 2.05) is 12.1 Å². The van der Waals surface area contributed by atoms with Gasteiger partial charge in [-0.05, 0) is 42.4 Å². The molecule has 0 N–H and O–H groups in total. The number of hydrogen-bond acceptors (Lipinski definition) is 2. The minimum absolute atomic E-state index is 0.291. The molecule has 0 saturated carbocycles. The second kappa shape index (κ2) is 7.78. The summed E-state index contributed by atoms with van der Waals surface area (Å²) in [7, 11) is 1.40. The Kier molecular flexibility index (Phi) is 6.34. The van der Waals surface area contributed by atoms with Crippen molar-refractivity contribution in [2.75, 3.05) is 7.11 Å². The van der Waals surface area contributed by atoms with Crippen LogP contribution in [-0.2, 0) is 4.74 Å². The molecule has 0 fully saturated rings. The third kappa shape index (κ3) is 5.73. The van der Waals surface area contributed by atoms with Crippen molar-refractivity contribution in [2.24, 2.45) is 11.8 Å². The van der Waals surface area contributed by atoms with E-state index in [2.05, 4.69) is 37.7 Å². The van der Waals surface area contributed by atoms with Crippen molar-refractivity contribution in [1.82, 2.24) is 0 Å². The maximum absolute atomic E-state index is 11.3. The van der Waals surface area contributed by atoms with Crippen molar-refractivity contribution in [3.8, 4) is 0 Å². The monoisotopic (exact) mass is 260 g/mol. The lowest BCUT2D eigenvalue weighted by Crippen LogP contribution is -2.00. The molecule has 0 bridgehead atoms. The Hall–Kier alpha value is -1.57. The molecule has 0 spiro atoms. The van der Waals surface area contributed by atoms with Crippen LogP contribution in [0.1, 0.15) is 49.5 Å². The first-order chi connectivity index (χ1) is 9.02. The van der Waals surface area contributed by atoms with E-state index in [0.717, 1.165) is 17.9 Å². The van der Waals surface area contributed by atoms with E-state index in [-0.39, 0.29) is 5.97 Å². The Balaban J connectivity index is 2.51. The average Bonchev–Trinajstić information content (AvgIpc) is 2.37. The highest BCUT2D eigenvalue weighted by molar-refractivity contribution is 5.89. The smallest absolute Gasteiger partial charge is 0.337 e. The van der Waals surface area contributed by atoms with Crippen molar-refractivity contribution in [2.45, 2.75) is 33.6 Å². The molecule has 2 nitrogen and oxygen atoms in total. The van der Waals surface area contributed by atoms with E-state index in [1.54, 1.807) is 12.1 Å². The van der Waals surface area contributed by atoms with Crippen molar-refractivity contribution >= 4 is 12.0 Å². The second-order valence-corrected chi connectivity index (χ2v) is 5.49. The van der Waals surface area contributed by atoms with Gasteiger partial charge >= 0.3 is 5.97 Å². The Morgan fingerprint density at radius 2 is 1.84 bits per heavy atom. The molecule has 0 aliphatic heterocycles. The predicted octanol–water partition coefficient (Wildman–Crippen LogP) is 4.56. The van der Waals surface area contributed by atoms with E-state index in [4.69, 9.17) is 0 Å². The van der Waals surface area contributed by atoms with Gasteiger partial charge in [0.2, 0.25) is 0 Å². The third-order valence-electron chi connectivity index (χ3n) is 3.05. The van der Waals surface area contributed by atoms with E-state index >= 15 is 0 Å². The molecule has 104 valence electrons. The highest BCUT2D eigenvalue weighted by atomic mass is 16.5. The third-order valence-corrected chi connectivity index (χ3v) is 3.05. The van der Waals surface area contributed by atoms with Crippen LogP contribution in [0.15, 0.2) is 30.3 Å². The van der Waals surface area contributed by atoms with Crippen molar-refractivity contribution in [3.63, 3.8) is 0 Å². The Bertz CT molecular complexity index is 415. The van der Waals surface area contributed by atoms with Gasteiger partial charge in [-0.1, -0.05) is 45.1 Å². The van der Waals surface area contributed by atoms with Gasteiger partial charge in [0.1, 0.15) is 0 Å². The highest BCUT2D eigenvalue weighted by Gasteiger charge is 2.04. The first kappa shape index (κ1) is 15.5. The van der Waals surface area contributed by atoms with Gasteiger partial charge in [-0.15, -0.1) is 0 Å². The number of esters is 1. The molecule has 0 amide bonds. The zero-order valence-electron chi connectivity index (χ0n) is 12.3. The SMILES string of the molecule is COC(=O)c1ccc(/C=C\CC(C)CC(C)C)cc1. The number of hydrogen-bond donors (Lipinski definition) is 0.